The van der Waals surface area contributed by atoms with Gasteiger partial charge in [0.15, 0.2) is 17.3 Å². The third-order valence-corrected chi connectivity index (χ3v) is 1.89. The van der Waals surface area contributed by atoms with Crippen LogP contribution in [0.15, 0.2) is 6.20 Å². The van der Waals surface area contributed by atoms with E-state index >= 15 is 0 Å². The highest BCUT2D eigenvalue weighted by atomic mass is 19.4. The first kappa shape index (κ1) is 14.7. The fraction of sp³-hybridized carbons (Fsp3) is 0.222. The maximum atomic E-state index is 13.3. The Bertz CT molecular complexity index is 530. The van der Waals surface area contributed by atoms with Gasteiger partial charge in [0.2, 0.25) is 0 Å². The topological polar surface area (TPSA) is 88.5 Å². The van der Waals surface area contributed by atoms with Crippen molar-refractivity contribution in [3.05, 3.63) is 17.7 Å². The lowest BCUT2D eigenvalue weighted by Gasteiger charge is -2.13. The number of alkyl halides is 3. The third-order valence-electron chi connectivity index (χ3n) is 1.89. The molecule has 0 spiro atoms. The van der Waals surface area contributed by atoms with Gasteiger partial charge in [-0.1, -0.05) is 0 Å². The van der Waals surface area contributed by atoms with Gasteiger partial charge in [0, 0.05) is 0 Å². The van der Waals surface area contributed by atoms with Crippen molar-refractivity contribution in [1.29, 1.82) is 0 Å². The Morgan fingerprint density at radius 2 is 2.00 bits per heavy atom. The normalized spacial score (nSPS) is 11.0. The Labute approximate surface area is 103 Å². The third kappa shape index (κ3) is 3.09. The van der Waals surface area contributed by atoms with Crippen molar-refractivity contribution in [1.82, 2.24) is 4.98 Å². The number of rotatable bonds is 3. The zero-order valence-electron chi connectivity index (χ0n) is 9.21. The van der Waals surface area contributed by atoms with Crippen molar-refractivity contribution in [2.75, 3.05) is 12.4 Å². The molecule has 1 aromatic heterocycles. The minimum atomic E-state index is -5.26. The largest absolute Gasteiger partial charge is 0.492 e. The Hall–Kier alpha value is -2.39. The van der Waals surface area contributed by atoms with Gasteiger partial charge in [-0.3, -0.25) is 4.79 Å². The summed E-state index contributed by atoms with van der Waals surface area (Å²) in [7, 11) is 0.895. The summed E-state index contributed by atoms with van der Waals surface area (Å²) in [5, 5.41) is 9.90. The number of carboxylic acid groups (broad SMARTS) is 1. The average molecular weight is 282 g/mol. The maximum Gasteiger partial charge on any atom is 0.471 e. The molecule has 19 heavy (non-hydrogen) atoms. The number of anilines is 1. The Morgan fingerprint density at radius 1 is 1.42 bits per heavy atom. The molecule has 6 nitrogen and oxygen atoms in total. The smallest absolute Gasteiger partial charge is 0.471 e. The van der Waals surface area contributed by atoms with E-state index in [9.17, 15) is 27.2 Å². The first-order valence-corrected chi connectivity index (χ1v) is 4.52. The number of hydrogen-bond acceptors (Lipinski definition) is 4. The molecule has 0 aliphatic carbocycles. The van der Waals surface area contributed by atoms with Crippen LogP contribution in [0.1, 0.15) is 10.5 Å². The molecule has 1 heterocycles. The highest BCUT2D eigenvalue weighted by Gasteiger charge is 2.40. The highest BCUT2D eigenvalue weighted by molar-refractivity contribution is 5.99. The maximum absolute atomic E-state index is 13.3. The zero-order chi connectivity index (χ0) is 14.8. The van der Waals surface area contributed by atoms with E-state index in [-0.39, 0.29) is 0 Å². The van der Waals surface area contributed by atoms with Crippen LogP contribution >= 0.6 is 0 Å². The second kappa shape index (κ2) is 5.08. The standard InChI is InChI=1S/C9H6F4N2O4/c1-19-6-4(15-8(18)9(11,12)13)3(10)2-14-5(6)7(16)17/h2H,1H3,(H,16,17)(H,14,15,18). The lowest BCUT2D eigenvalue weighted by molar-refractivity contribution is -0.167. The number of hydrogen-bond donors (Lipinski definition) is 2. The van der Waals surface area contributed by atoms with Crippen LogP contribution in [0.5, 0.6) is 5.75 Å². The summed E-state index contributed by atoms with van der Waals surface area (Å²) in [6, 6.07) is 0. The Morgan fingerprint density at radius 3 is 2.42 bits per heavy atom. The van der Waals surface area contributed by atoms with Crippen LogP contribution in [0.3, 0.4) is 0 Å². The number of nitrogens with one attached hydrogen (secondary N) is 1. The Balaban J connectivity index is 3.30. The van der Waals surface area contributed by atoms with Crippen LogP contribution in [-0.4, -0.2) is 35.3 Å². The van der Waals surface area contributed by atoms with Crippen LogP contribution < -0.4 is 10.1 Å². The van der Waals surface area contributed by atoms with Gasteiger partial charge in [-0.05, 0) is 0 Å². The van der Waals surface area contributed by atoms with E-state index in [1.165, 1.54) is 5.32 Å². The van der Waals surface area contributed by atoms with Gasteiger partial charge in [-0.2, -0.15) is 13.2 Å². The molecular weight excluding hydrogens is 276 g/mol. The van der Waals surface area contributed by atoms with E-state index in [0.717, 1.165) is 7.11 Å². The van der Waals surface area contributed by atoms with Crippen molar-refractivity contribution >= 4 is 17.6 Å². The molecule has 10 heteroatoms. The van der Waals surface area contributed by atoms with Crippen LogP contribution in [0.4, 0.5) is 23.2 Å². The quantitative estimate of drug-likeness (QED) is 0.819. The van der Waals surface area contributed by atoms with Crippen LogP contribution in [-0.2, 0) is 4.79 Å². The molecule has 0 unspecified atom stereocenters. The minimum Gasteiger partial charge on any atom is -0.492 e. The molecule has 0 saturated heterocycles. The van der Waals surface area contributed by atoms with Crippen molar-refractivity contribution in [2.24, 2.45) is 0 Å². The summed E-state index contributed by atoms with van der Waals surface area (Å²) in [6.07, 6.45) is -4.90. The lowest BCUT2D eigenvalue weighted by atomic mass is 10.2. The molecule has 0 aromatic carbocycles. The molecule has 0 radical (unpaired) electrons. The first-order chi connectivity index (χ1) is 8.68. The summed E-state index contributed by atoms with van der Waals surface area (Å²) in [6.45, 7) is 0. The summed E-state index contributed by atoms with van der Waals surface area (Å²) >= 11 is 0. The summed E-state index contributed by atoms with van der Waals surface area (Å²) in [5.74, 6) is -6.30. The summed E-state index contributed by atoms with van der Waals surface area (Å²) in [5.41, 5.74) is -1.88. The Kier molecular flexibility index (Phi) is 3.92. The number of halogens is 4. The van der Waals surface area contributed by atoms with Crippen molar-refractivity contribution < 1.29 is 37.0 Å². The lowest BCUT2D eigenvalue weighted by Crippen LogP contribution is -2.30. The summed E-state index contributed by atoms with van der Waals surface area (Å²) < 4.78 is 53.9. The number of aromatic carboxylic acids is 1. The zero-order valence-corrected chi connectivity index (χ0v) is 9.21. The minimum absolute atomic E-state index is 0.359. The second-order valence-electron chi connectivity index (χ2n) is 3.12. The monoisotopic (exact) mass is 282 g/mol. The fourth-order valence-corrected chi connectivity index (χ4v) is 1.12. The number of aromatic nitrogens is 1. The number of ether oxygens (including phenoxy) is 1. The molecule has 0 fully saturated rings. The van der Waals surface area contributed by atoms with Gasteiger partial charge in [0.25, 0.3) is 0 Å². The molecule has 0 saturated carbocycles. The van der Waals surface area contributed by atoms with Gasteiger partial charge in [-0.25, -0.2) is 14.2 Å². The van der Waals surface area contributed by atoms with Crippen molar-refractivity contribution in [2.45, 2.75) is 6.18 Å². The number of nitrogens with zero attached hydrogens (tertiary/aromatic N) is 1. The van der Waals surface area contributed by atoms with Crippen LogP contribution in [0, 0.1) is 5.82 Å². The molecule has 1 aromatic rings. The highest BCUT2D eigenvalue weighted by Crippen LogP contribution is 2.31. The van der Waals surface area contributed by atoms with E-state index in [0.29, 0.717) is 6.20 Å². The van der Waals surface area contributed by atoms with E-state index in [1.807, 2.05) is 0 Å². The van der Waals surface area contributed by atoms with E-state index < -0.39 is 41.0 Å². The first-order valence-electron chi connectivity index (χ1n) is 4.52. The number of pyridine rings is 1. The molecule has 104 valence electrons. The number of carbonyl (C=O) groups excluding carboxylic acids is 1. The van der Waals surface area contributed by atoms with Gasteiger partial charge in [-0.15, -0.1) is 0 Å². The van der Waals surface area contributed by atoms with Crippen molar-refractivity contribution in [3.8, 4) is 5.75 Å². The van der Waals surface area contributed by atoms with Crippen LogP contribution in [0.2, 0.25) is 0 Å². The number of carboxylic acids is 1. The molecule has 0 aliphatic rings. The predicted octanol–water partition coefficient (Wildman–Crippen LogP) is 1.43. The number of methoxy groups -OCH3 is 1. The summed E-state index contributed by atoms with van der Waals surface area (Å²) in [4.78, 5) is 24.6. The van der Waals surface area contributed by atoms with Gasteiger partial charge in [0.1, 0.15) is 5.69 Å². The van der Waals surface area contributed by atoms with Crippen molar-refractivity contribution in [3.63, 3.8) is 0 Å². The molecule has 1 rings (SSSR count). The van der Waals surface area contributed by atoms with E-state index in [4.69, 9.17) is 5.11 Å². The number of amides is 1. The average Bonchev–Trinajstić information content (AvgIpc) is 2.29. The fourth-order valence-electron chi connectivity index (χ4n) is 1.12. The molecular formula is C9H6F4N2O4. The van der Waals surface area contributed by atoms with E-state index in [1.54, 1.807) is 0 Å². The SMILES string of the molecule is COc1c(C(=O)O)ncc(F)c1NC(=O)C(F)(F)F. The predicted molar refractivity (Wildman–Crippen MR) is 52.4 cm³/mol. The van der Waals surface area contributed by atoms with Crippen LogP contribution in [0.25, 0.3) is 0 Å². The molecule has 0 bridgehead atoms. The molecule has 2 N–H and O–H groups in total. The van der Waals surface area contributed by atoms with Gasteiger partial charge in [0.05, 0.1) is 13.3 Å². The van der Waals surface area contributed by atoms with E-state index in [2.05, 4.69) is 9.72 Å². The van der Waals surface area contributed by atoms with Gasteiger partial charge < -0.3 is 15.2 Å². The number of carbonyl (C=O) groups is 2. The molecule has 0 atom stereocenters. The molecule has 0 aliphatic heterocycles. The molecule has 1 amide bonds. The second-order valence-corrected chi connectivity index (χ2v) is 3.12. The van der Waals surface area contributed by atoms with Gasteiger partial charge >= 0.3 is 18.1 Å².